The first-order valence-electron chi connectivity index (χ1n) is 7.84. The van der Waals surface area contributed by atoms with Crippen molar-refractivity contribution in [2.75, 3.05) is 0 Å². The second kappa shape index (κ2) is 9.21. The van der Waals surface area contributed by atoms with Crippen molar-refractivity contribution in [3.63, 3.8) is 0 Å². The van der Waals surface area contributed by atoms with Crippen LogP contribution < -0.4 is 20.8 Å². The number of rotatable bonds is 8. The molecule has 0 spiro atoms. The maximum Gasteiger partial charge on any atom is 0.333 e. The van der Waals surface area contributed by atoms with Crippen molar-refractivity contribution in [2.24, 2.45) is 0 Å². The van der Waals surface area contributed by atoms with Gasteiger partial charge in [0.1, 0.15) is 0 Å². The maximum atomic E-state index is 11.6. The van der Waals surface area contributed by atoms with E-state index >= 15 is 0 Å². The zero-order valence-electron chi connectivity index (χ0n) is 13.5. The second-order valence-corrected chi connectivity index (χ2v) is 5.22. The van der Waals surface area contributed by atoms with Gasteiger partial charge in [0, 0.05) is 37.4 Å². The van der Waals surface area contributed by atoms with Crippen LogP contribution in [0.1, 0.15) is 32.1 Å². The first kappa shape index (κ1) is 18.2. The van der Waals surface area contributed by atoms with Gasteiger partial charge in [0.15, 0.2) is 0 Å². The number of nitrogens with zero attached hydrogens (tertiary/aromatic N) is 2. The van der Waals surface area contributed by atoms with Gasteiger partial charge in [-0.1, -0.05) is 18.6 Å². The summed E-state index contributed by atoms with van der Waals surface area (Å²) >= 11 is 0. The quantitative estimate of drug-likeness (QED) is 0.649. The highest BCUT2D eigenvalue weighted by Gasteiger charge is 2.08. The van der Waals surface area contributed by atoms with Gasteiger partial charge in [-0.2, -0.15) is 0 Å². The lowest BCUT2D eigenvalue weighted by Gasteiger charge is -2.06. The molecule has 0 N–H and O–H groups in total. The number of unbranched alkanes of at least 4 members (excludes halogenated alkanes) is 2. The van der Waals surface area contributed by atoms with Crippen LogP contribution >= 0.6 is 0 Å². The summed E-state index contributed by atoms with van der Waals surface area (Å²) in [4.78, 5) is 55.8. The summed E-state index contributed by atoms with van der Waals surface area (Å²) in [5, 5.41) is 0. The number of aromatic nitrogens is 2. The summed E-state index contributed by atoms with van der Waals surface area (Å²) in [6.45, 7) is 0. The Kier molecular flexibility index (Phi) is 6.70. The highest BCUT2D eigenvalue weighted by Crippen LogP contribution is 2.04. The van der Waals surface area contributed by atoms with Crippen LogP contribution in [0, 0.1) is 0 Å². The summed E-state index contributed by atoms with van der Waals surface area (Å²) in [7, 11) is 0. The van der Waals surface area contributed by atoms with Crippen LogP contribution in [0.25, 0.3) is 0 Å². The molecular formula is C17H18N2O6. The first-order valence-corrected chi connectivity index (χ1v) is 7.84. The SMILES string of the molecule is O=C(CCCCCC(=O)On1ccccc1=O)On1ccccc1=O. The molecule has 0 saturated carbocycles. The third kappa shape index (κ3) is 6.09. The van der Waals surface area contributed by atoms with E-state index in [0.29, 0.717) is 19.3 Å². The molecule has 25 heavy (non-hydrogen) atoms. The van der Waals surface area contributed by atoms with Gasteiger partial charge in [-0.15, -0.1) is 9.46 Å². The predicted octanol–water partition coefficient (Wildman–Crippen LogP) is 0.571. The number of pyridine rings is 2. The molecule has 2 aromatic rings. The van der Waals surface area contributed by atoms with Gasteiger partial charge in [-0.05, 0) is 25.0 Å². The monoisotopic (exact) mass is 346 g/mol. The molecule has 0 aliphatic carbocycles. The van der Waals surface area contributed by atoms with Gasteiger partial charge in [0.05, 0.1) is 0 Å². The smallest absolute Gasteiger partial charge is 0.333 e. The van der Waals surface area contributed by atoms with E-state index in [-0.39, 0.29) is 12.8 Å². The summed E-state index contributed by atoms with van der Waals surface area (Å²) in [5.41, 5.74) is -0.843. The van der Waals surface area contributed by atoms with Crippen LogP contribution in [0.2, 0.25) is 0 Å². The number of hydrogen-bond acceptors (Lipinski definition) is 6. The van der Waals surface area contributed by atoms with Gasteiger partial charge < -0.3 is 9.68 Å². The average molecular weight is 346 g/mol. The Morgan fingerprint density at radius 2 is 1.16 bits per heavy atom. The van der Waals surface area contributed by atoms with Crippen molar-refractivity contribution in [1.29, 1.82) is 0 Å². The molecule has 0 amide bonds. The molecule has 0 radical (unpaired) electrons. The molecule has 8 nitrogen and oxygen atoms in total. The molecule has 0 unspecified atom stereocenters. The van der Waals surface area contributed by atoms with Crippen molar-refractivity contribution in [3.05, 3.63) is 69.5 Å². The predicted molar refractivity (Wildman–Crippen MR) is 87.7 cm³/mol. The molecule has 0 aliphatic heterocycles. The molecule has 0 aliphatic rings. The topological polar surface area (TPSA) is 96.6 Å². The fourth-order valence-corrected chi connectivity index (χ4v) is 2.00. The van der Waals surface area contributed by atoms with Crippen molar-refractivity contribution < 1.29 is 19.3 Å². The van der Waals surface area contributed by atoms with Crippen molar-refractivity contribution in [2.45, 2.75) is 32.1 Å². The average Bonchev–Trinajstić information content (AvgIpc) is 2.59. The standard InChI is InChI=1S/C17H18N2O6/c20-14-8-4-6-12-18(14)24-16(22)10-2-1-3-11-17(23)25-19-13-7-5-9-15(19)21/h4-9,12-13H,1-3,10-11H2. The van der Waals surface area contributed by atoms with Crippen LogP contribution in [-0.2, 0) is 9.59 Å². The van der Waals surface area contributed by atoms with Gasteiger partial charge in [-0.3, -0.25) is 9.59 Å². The largest absolute Gasteiger partial charge is 0.333 e. The minimum atomic E-state index is -0.522. The maximum absolute atomic E-state index is 11.6. The van der Waals surface area contributed by atoms with Gasteiger partial charge >= 0.3 is 11.9 Å². The van der Waals surface area contributed by atoms with E-state index in [1.165, 1.54) is 24.5 Å². The first-order chi connectivity index (χ1) is 12.1. The minimum absolute atomic E-state index is 0.133. The lowest BCUT2D eigenvalue weighted by atomic mass is 10.1. The fraction of sp³-hybridized carbons (Fsp3) is 0.294. The van der Waals surface area contributed by atoms with Crippen LogP contribution in [0.4, 0.5) is 0 Å². The van der Waals surface area contributed by atoms with E-state index in [2.05, 4.69) is 0 Å². The Bertz CT molecular complexity index is 770. The molecule has 2 rings (SSSR count). The van der Waals surface area contributed by atoms with E-state index in [9.17, 15) is 19.2 Å². The third-order valence-electron chi connectivity index (χ3n) is 3.24. The van der Waals surface area contributed by atoms with Crippen LogP contribution in [-0.4, -0.2) is 21.4 Å². The molecule has 2 heterocycles. The summed E-state index contributed by atoms with van der Waals surface area (Å²) in [5.74, 6) is -1.04. The second-order valence-electron chi connectivity index (χ2n) is 5.22. The number of carbonyl (C=O) groups excluding carboxylic acids is 2. The molecule has 0 aromatic carbocycles. The Morgan fingerprint density at radius 3 is 1.56 bits per heavy atom. The van der Waals surface area contributed by atoms with Crippen molar-refractivity contribution in [1.82, 2.24) is 9.46 Å². The Labute approximate surface area is 143 Å². The molecular weight excluding hydrogens is 328 g/mol. The third-order valence-corrected chi connectivity index (χ3v) is 3.24. The molecule has 132 valence electrons. The van der Waals surface area contributed by atoms with E-state index in [1.54, 1.807) is 24.3 Å². The molecule has 2 aromatic heterocycles. The summed E-state index contributed by atoms with van der Waals surface area (Å²) in [6.07, 6.45) is 4.63. The number of carbonyl (C=O) groups is 2. The molecule has 0 fully saturated rings. The van der Waals surface area contributed by atoms with E-state index in [4.69, 9.17) is 9.68 Å². The summed E-state index contributed by atoms with van der Waals surface area (Å²) in [6, 6.07) is 8.84. The molecule has 8 heteroatoms. The van der Waals surface area contributed by atoms with E-state index in [0.717, 1.165) is 9.46 Å². The van der Waals surface area contributed by atoms with Crippen LogP contribution in [0.3, 0.4) is 0 Å². The molecule has 0 atom stereocenters. The zero-order chi connectivity index (χ0) is 18.1. The van der Waals surface area contributed by atoms with Gasteiger partial charge in [-0.25, -0.2) is 9.59 Å². The van der Waals surface area contributed by atoms with Crippen LogP contribution in [0.15, 0.2) is 58.4 Å². The minimum Gasteiger partial charge on any atom is -0.333 e. The van der Waals surface area contributed by atoms with Crippen molar-refractivity contribution >= 4 is 11.9 Å². The van der Waals surface area contributed by atoms with Gasteiger partial charge in [0.2, 0.25) is 0 Å². The Hall–Kier alpha value is -3.16. The normalized spacial score (nSPS) is 10.2. The lowest BCUT2D eigenvalue weighted by Crippen LogP contribution is -2.29. The molecule has 0 saturated heterocycles. The lowest BCUT2D eigenvalue weighted by molar-refractivity contribution is -0.145. The molecule has 0 bridgehead atoms. The van der Waals surface area contributed by atoms with Crippen LogP contribution in [0.5, 0.6) is 0 Å². The van der Waals surface area contributed by atoms with E-state index in [1.807, 2.05) is 0 Å². The number of hydrogen-bond donors (Lipinski definition) is 0. The van der Waals surface area contributed by atoms with Gasteiger partial charge in [0.25, 0.3) is 11.1 Å². The Morgan fingerprint density at radius 1 is 0.720 bits per heavy atom. The summed E-state index contributed by atoms with van der Waals surface area (Å²) < 4.78 is 1.74. The Balaban J connectivity index is 1.63. The highest BCUT2D eigenvalue weighted by molar-refractivity contribution is 5.70. The highest BCUT2D eigenvalue weighted by atomic mass is 16.7. The van der Waals surface area contributed by atoms with E-state index < -0.39 is 23.1 Å². The fourth-order valence-electron chi connectivity index (χ4n) is 2.00. The zero-order valence-corrected chi connectivity index (χ0v) is 13.5. The van der Waals surface area contributed by atoms with Crippen molar-refractivity contribution in [3.8, 4) is 0 Å².